The average molecular weight is 344 g/mol. The van der Waals surface area contributed by atoms with E-state index in [1.54, 1.807) is 0 Å². The van der Waals surface area contributed by atoms with E-state index in [4.69, 9.17) is 0 Å². The van der Waals surface area contributed by atoms with E-state index in [0.29, 0.717) is 0 Å². The smallest absolute Gasteiger partial charge is 0.00161 e. The van der Waals surface area contributed by atoms with Gasteiger partial charge in [0, 0.05) is 0 Å². The Kier molecular flexibility index (Phi) is 8.49. The number of hydrogen-bond acceptors (Lipinski definition) is 1. The van der Waals surface area contributed by atoms with Crippen LogP contribution in [0.15, 0.2) is 24.3 Å². The maximum atomic E-state index is 2.71. The molecule has 0 amide bonds. The Hall–Kier alpha value is -0.820. The van der Waals surface area contributed by atoms with Crippen molar-refractivity contribution in [3.8, 4) is 0 Å². The molecule has 0 N–H and O–H groups in total. The number of piperidine rings is 1. The summed E-state index contributed by atoms with van der Waals surface area (Å²) in [4.78, 5) is 2.71. The Morgan fingerprint density at radius 1 is 0.920 bits per heavy atom. The predicted molar refractivity (Wildman–Crippen MR) is 111 cm³/mol. The fourth-order valence-electron chi connectivity index (χ4n) is 4.03. The summed E-state index contributed by atoms with van der Waals surface area (Å²) in [7, 11) is 0. The maximum absolute atomic E-state index is 2.71. The Morgan fingerprint density at radius 2 is 1.60 bits per heavy atom. The summed E-state index contributed by atoms with van der Waals surface area (Å²) in [6.07, 6.45) is 12.5. The van der Waals surface area contributed by atoms with Crippen molar-refractivity contribution in [3.05, 3.63) is 35.4 Å². The molecule has 1 aromatic carbocycles. The van der Waals surface area contributed by atoms with Crippen LogP contribution in [0.25, 0.3) is 0 Å². The monoisotopic (exact) mass is 343 g/mol. The molecule has 25 heavy (non-hydrogen) atoms. The summed E-state index contributed by atoms with van der Waals surface area (Å²) in [5, 5.41) is 0. The lowest BCUT2D eigenvalue weighted by Crippen LogP contribution is -2.34. The van der Waals surface area contributed by atoms with Crippen molar-refractivity contribution in [2.24, 2.45) is 5.92 Å². The first-order valence-electron chi connectivity index (χ1n) is 10.8. The maximum Gasteiger partial charge on any atom is -0.00161 e. The van der Waals surface area contributed by atoms with Crippen molar-refractivity contribution in [2.45, 2.75) is 90.9 Å². The summed E-state index contributed by atoms with van der Waals surface area (Å²) in [5.74, 6) is 0.973. The van der Waals surface area contributed by atoms with Crippen molar-refractivity contribution in [1.29, 1.82) is 0 Å². The minimum absolute atomic E-state index is 0.267. The van der Waals surface area contributed by atoms with E-state index in [1.807, 2.05) is 0 Å². The number of hydrogen-bond donors (Lipinski definition) is 0. The van der Waals surface area contributed by atoms with Crippen LogP contribution >= 0.6 is 0 Å². The van der Waals surface area contributed by atoms with E-state index in [-0.39, 0.29) is 5.41 Å². The summed E-state index contributed by atoms with van der Waals surface area (Å²) in [5.41, 5.74) is 3.23. The Labute approximate surface area is 157 Å². The van der Waals surface area contributed by atoms with Crippen LogP contribution in [0.5, 0.6) is 0 Å². The molecular weight excluding hydrogens is 302 g/mol. The number of aryl methyl sites for hydroxylation is 1. The van der Waals surface area contributed by atoms with Crippen LogP contribution in [0, 0.1) is 5.92 Å². The van der Waals surface area contributed by atoms with Gasteiger partial charge in [-0.05, 0) is 74.2 Å². The van der Waals surface area contributed by atoms with E-state index >= 15 is 0 Å². The van der Waals surface area contributed by atoms with E-state index < -0.39 is 0 Å². The minimum Gasteiger partial charge on any atom is -0.303 e. The molecule has 1 heteroatoms. The second-order valence-electron chi connectivity index (χ2n) is 9.18. The van der Waals surface area contributed by atoms with Gasteiger partial charge in [-0.2, -0.15) is 0 Å². The van der Waals surface area contributed by atoms with Gasteiger partial charge in [0.2, 0.25) is 0 Å². The molecule has 0 aromatic heterocycles. The number of unbranched alkanes of at least 4 members (excludes halogenated alkanes) is 3. The fraction of sp³-hybridized carbons (Fsp3) is 0.750. The quantitative estimate of drug-likeness (QED) is 0.457. The molecule has 1 nitrogen and oxygen atoms in total. The lowest BCUT2D eigenvalue weighted by atomic mass is 9.86. The van der Waals surface area contributed by atoms with E-state index in [1.165, 1.54) is 88.5 Å². The molecule has 1 aromatic rings. The highest BCUT2D eigenvalue weighted by atomic mass is 15.1. The van der Waals surface area contributed by atoms with Crippen LogP contribution in [-0.4, -0.2) is 24.5 Å². The molecule has 1 aliphatic rings. The summed E-state index contributed by atoms with van der Waals surface area (Å²) >= 11 is 0. The van der Waals surface area contributed by atoms with Crippen molar-refractivity contribution in [3.63, 3.8) is 0 Å². The third-order valence-electron chi connectivity index (χ3n) is 5.93. The van der Waals surface area contributed by atoms with Crippen LogP contribution in [0.1, 0.15) is 90.2 Å². The normalized spacial score (nSPS) is 17.1. The highest BCUT2D eigenvalue weighted by Gasteiger charge is 2.18. The Morgan fingerprint density at radius 3 is 2.20 bits per heavy atom. The molecule has 1 saturated heterocycles. The molecule has 0 unspecified atom stereocenters. The molecule has 142 valence electrons. The van der Waals surface area contributed by atoms with Crippen molar-refractivity contribution in [2.75, 3.05) is 19.6 Å². The molecule has 0 aliphatic carbocycles. The van der Waals surface area contributed by atoms with Gasteiger partial charge in [0.05, 0.1) is 0 Å². The molecular formula is C24H41N. The Balaban J connectivity index is 1.60. The Bertz CT molecular complexity index is 460. The van der Waals surface area contributed by atoms with E-state index in [0.717, 1.165) is 5.92 Å². The molecule has 0 spiro atoms. The molecule has 0 radical (unpaired) electrons. The topological polar surface area (TPSA) is 3.24 Å². The van der Waals surface area contributed by atoms with Gasteiger partial charge in [-0.3, -0.25) is 0 Å². The molecule has 1 aliphatic heterocycles. The minimum atomic E-state index is 0.267. The molecule has 0 saturated carbocycles. The zero-order valence-electron chi connectivity index (χ0n) is 17.3. The zero-order valence-corrected chi connectivity index (χ0v) is 17.3. The first kappa shape index (κ1) is 20.5. The van der Waals surface area contributed by atoms with Gasteiger partial charge in [-0.1, -0.05) is 77.6 Å². The number of likely N-dealkylation sites (tertiary alicyclic amines) is 1. The number of rotatable bonds is 9. The molecule has 0 bridgehead atoms. The number of nitrogens with zero attached hydrogens (tertiary/aromatic N) is 1. The van der Waals surface area contributed by atoms with Crippen LogP contribution in [-0.2, 0) is 11.8 Å². The van der Waals surface area contributed by atoms with E-state index in [9.17, 15) is 0 Å². The highest BCUT2D eigenvalue weighted by molar-refractivity contribution is 5.27. The third kappa shape index (κ3) is 7.52. The van der Waals surface area contributed by atoms with Crippen LogP contribution in [0.4, 0.5) is 0 Å². The van der Waals surface area contributed by atoms with Gasteiger partial charge < -0.3 is 4.90 Å². The SMILES string of the molecule is CCCCCCN1CCC(CCCc2ccc(C(C)(C)C)cc2)CC1. The molecule has 1 heterocycles. The largest absolute Gasteiger partial charge is 0.303 e. The standard InChI is InChI=1S/C24H41N/c1-5-6-7-8-18-25-19-16-22(17-20-25)11-9-10-21-12-14-23(15-13-21)24(2,3)4/h12-15,22H,5-11,16-20H2,1-4H3. The number of benzene rings is 1. The van der Waals surface area contributed by atoms with Gasteiger partial charge in [0.25, 0.3) is 0 Å². The van der Waals surface area contributed by atoms with Crippen LogP contribution in [0.2, 0.25) is 0 Å². The van der Waals surface area contributed by atoms with Gasteiger partial charge in [-0.25, -0.2) is 0 Å². The predicted octanol–water partition coefficient (Wildman–Crippen LogP) is 6.60. The van der Waals surface area contributed by atoms with Crippen molar-refractivity contribution >= 4 is 0 Å². The van der Waals surface area contributed by atoms with Crippen LogP contribution in [0.3, 0.4) is 0 Å². The van der Waals surface area contributed by atoms with Gasteiger partial charge in [0.1, 0.15) is 0 Å². The van der Waals surface area contributed by atoms with Gasteiger partial charge >= 0.3 is 0 Å². The van der Waals surface area contributed by atoms with Crippen molar-refractivity contribution in [1.82, 2.24) is 4.90 Å². The highest BCUT2D eigenvalue weighted by Crippen LogP contribution is 2.25. The summed E-state index contributed by atoms with van der Waals surface area (Å²) in [6, 6.07) is 9.34. The average Bonchev–Trinajstić information content (AvgIpc) is 2.60. The second-order valence-corrected chi connectivity index (χ2v) is 9.18. The lowest BCUT2D eigenvalue weighted by Gasteiger charge is -2.32. The zero-order chi connectivity index (χ0) is 18.1. The van der Waals surface area contributed by atoms with Crippen LogP contribution < -0.4 is 0 Å². The molecule has 1 fully saturated rings. The molecule has 0 atom stereocenters. The summed E-state index contributed by atoms with van der Waals surface area (Å²) in [6.45, 7) is 13.2. The first-order valence-corrected chi connectivity index (χ1v) is 10.8. The van der Waals surface area contributed by atoms with Gasteiger partial charge in [0.15, 0.2) is 0 Å². The lowest BCUT2D eigenvalue weighted by molar-refractivity contribution is 0.175. The van der Waals surface area contributed by atoms with Gasteiger partial charge in [-0.15, -0.1) is 0 Å². The second kappa shape index (κ2) is 10.4. The molecule has 2 rings (SSSR count). The van der Waals surface area contributed by atoms with Crippen molar-refractivity contribution < 1.29 is 0 Å². The fourth-order valence-corrected chi connectivity index (χ4v) is 4.03. The third-order valence-corrected chi connectivity index (χ3v) is 5.93. The first-order chi connectivity index (χ1) is 12.0. The van der Waals surface area contributed by atoms with E-state index in [2.05, 4.69) is 56.9 Å². The summed E-state index contributed by atoms with van der Waals surface area (Å²) < 4.78 is 0.